The van der Waals surface area contributed by atoms with Gasteiger partial charge in [0.25, 0.3) is 0 Å². The molecule has 2 rings (SSSR count). The molecule has 0 saturated carbocycles. The normalized spacial score (nSPS) is 11.3. The topological polar surface area (TPSA) is 147 Å². The van der Waals surface area contributed by atoms with Gasteiger partial charge in [-0.1, -0.05) is 5.21 Å². The molecule has 0 atom stereocenters. The van der Waals surface area contributed by atoms with Crippen molar-refractivity contribution in [1.29, 1.82) is 0 Å². The maximum Gasteiger partial charge on any atom is 0.335 e. The van der Waals surface area contributed by atoms with Crippen molar-refractivity contribution >= 4 is 16.0 Å². The number of carboxylic acids is 1. The minimum atomic E-state index is -4.00. The molecule has 0 bridgehead atoms. The van der Waals surface area contributed by atoms with Crippen LogP contribution in [-0.2, 0) is 16.6 Å². The summed E-state index contributed by atoms with van der Waals surface area (Å²) in [7, 11) is -2.71. The summed E-state index contributed by atoms with van der Waals surface area (Å²) in [6, 6.07) is 3.53. The van der Waals surface area contributed by atoms with Crippen molar-refractivity contribution in [2.75, 3.05) is 7.11 Å². The molecule has 0 aliphatic heterocycles. The van der Waals surface area contributed by atoms with E-state index in [-0.39, 0.29) is 28.6 Å². The van der Waals surface area contributed by atoms with Gasteiger partial charge in [-0.2, -0.15) is 5.21 Å². The van der Waals surface area contributed by atoms with Crippen LogP contribution in [0.2, 0.25) is 0 Å². The maximum atomic E-state index is 12.2. The Morgan fingerprint density at radius 1 is 1.48 bits per heavy atom. The van der Waals surface area contributed by atoms with E-state index in [1.165, 1.54) is 19.2 Å². The Bertz CT molecular complexity index is 743. The van der Waals surface area contributed by atoms with Gasteiger partial charge in [0.05, 0.1) is 19.2 Å². The van der Waals surface area contributed by atoms with Gasteiger partial charge in [-0.3, -0.25) is 0 Å². The number of aromatic amines is 1. The number of aromatic carboxylic acids is 1. The van der Waals surface area contributed by atoms with Gasteiger partial charge >= 0.3 is 5.97 Å². The van der Waals surface area contributed by atoms with E-state index >= 15 is 0 Å². The van der Waals surface area contributed by atoms with E-state index in [9.17, 15) is 13.2 Å². The average Bonchev–Trinajstić information content (AvgIpc) is 2.98. The number of sulfonamides is 1. The van der Waals surface area contributed by atoms with Crippen molar-refractivity contribution in [2.45, 2.75) is 11.4 Å². The van der Waals surface area contributed by atoms with Gasteiger partial charge in [-0.05, 0) is 18.2 Å². The predicted octanol–water partition coefficient (Wildman–Crippen LogP) is -0.615. The van der Waals surface area contributed by atoms with Crippen LogP contribution in [0.1, 0.15) is 16.2 Å². The molecule has 0 aliphatic carbocycles. The molecule has 21 heavy (non-hydrogen) atoms. The summed E-state index contributed by atoms with van der Waals surface area (Å²) in [5.74, 6) is -1.07. The van der Waals surface area contributed by atoms with Crippen LogP contribution in [0.4, 0.5) is 0 Å². The minimum Gasteiger partial charge on any atom is -0.495 e. The van der Waals surface area contributed by atoms with Crippen LogP contribution in [-0.4, -0.2) is 47.2 Å². The Kier molecular flexibility index (Phi) is 4.14. The highest BCUT2D eigenvalue weighted by Gasteiger charge is 2.22. The summed E-state index contributed by atoms with van der Waals surface area (Å²) >= 11 is 0. The lowest BCUT2D eigenvalue weighted by Gasteiger charge is -2.10. The van der Waals surface area contributed by atoms with Crippen molar-refractivity contribution in [2.24, 2.45) is 0 Å². The number of methoxy groups -OCH3 is 1. The van der Waals surface area contributed by atoms with Crippen molar-refractivity contribution < 1.29 is 23.1 Å². The number of H-pyrrole nitrogens is 1. The largest absolute Gasteiger partial charge is 0.495 e. The molecular weight excluding hydrogens is 302 g/mol. The Hall–Kier alpha value is -2.53. The Balaban J connectivity index is 2.33. The van der Waals surface area contributed by atoms with E-state index in [1.807, 2.05) is 0 Å². The van der Waals surface area contributed by atoms with Crippen LogP contribution in [0.3, 0.4) is 0 Å². The van der Waals surface area contributed by atoms with Crippen molar-refractivity contribution in [3.8, 4) is 5.75 Å². The van der Waals surface area contributed by atoms with E-state index in [4.69, 9.17) is 9.84 Å². The first-order chi connectivity index (χ1) is 9.94. The number of benzene rings is 1. The quantitative estimate of drug-likeness (QED) is 0.639. The first-order valence-electron chi connectivity index (χ1n) is 5.57. The molecule has 0 spiro atoms. The number of nitrogens with one attached hydrogen (secondary N) is 2. The van der Waals surface area contributed by atoms with Crippen LogP contribution in [0, 0.1) is 0 Å². The van der Waals surface area contributed by atoms with Crippen molar-refractivity contribution in [3.05, 3.63) is 29.6 Å². The van der Waals surface area contributed by atoms with Crippen LogP contribution in [0.25, 0.3) is 0 Å². The molecule has 1 aromatic heterocycles. The first kappa shape index (κ1) is 14.9. The highest BCUT2D eigenvalue weighted by Crippen LogP contribution is 2.24. The molecule has 3 N–H and O–H groups in total. The Labute approximate surface area is 119 Å². The van der Waals surface area contributed by atoms with Crippen LogP contribution >= 0.6 is 0 Å². The molecule has 0 amide bonds. The van der Waals surface area contributed by atoms with Gasteiger partial charge in [0.1, 0.15) is 10.6 Å². The molecular formula is C10H11N5O5S. The summed E-state index contributed by atoms with van der Waals surface area (Å²) in [6.07, 6.45) is 0. The van der Waals surface area contributed by atoms with E-state index in [2.05, 4.69) is 25.3 Å². The molecule has 0 unspecified atom stereocenters. The second-order valence-corrected chi connectivity index (χ2v) is 5.56. The minimum absolute atomic E-state index is 0.0283. The number of rotatable bonds is 6. The van der Waals surface area contributed by atoms with Crippen LogP contribution in [0.5, 0.6) is 5.75 Å². The van der Waals surface area contributed by atoms with E-state index in [0.29, 0.717) is 0 Å². The van der Waals surface area contributed by atoms with Gasteiger partial charge in [0.15, 0.2) is 5.82 Å². The lowest BCUT2D eigenvalue weighted by molar-refractivity contribution is 0.0696. The maximum absolute atomic E-state index is 12.2. The second kappa shape index (κ2) is 5.85. The number of ether oxygens (including phenoxy) is 1. The third kappa shape index (κ3) is 3.32. The molecule has 11 heteroatoms. The molecule has 2 aromatic rings. The summed E-state index contributed by atoms with van der Waals surface area (Å²) in [4.78, 5) is 10.7. The number of aromatic nitrogens is 4. The van der Waals surface area contributed by atoms with E-state index in [1.54, 1.807) is 0 Å². The third-order valence-electron chi connectivity index (χ3n) is 2.51. The zero-order valence-electron chi connectivity index (χ0n) is 10.8. The van der Waals surface area contributed by atoms with Gasteiger partial charge in [0.2, 0.25) is 10.0 Å². The van der Waals surface area contributed by atoms with E-state index in [0.717, 1.165) is 6.07 Å². The standard InChI is InChI=1S/C10H11N5O5S/c1-20-7-3-2-6(10(16)17)4-8(7)21(18,19)11-5-9-12-14-15-13-9/h2-4,11H,5H2,1H3,(H,16,17)(H,12,13,14,15). The Morgan fingerprint density at radius 2 is 2.24 bits per heavy atom. The summed E-state index contributed by atoms with van der Waals surface area (Å²) in [5, 5.41) is 21.6. The smallest absolute Gasteiger partial charge is 0.335 e. The SMILES string of the molecule is COc1ccc(C(=O)O)cc1S(=O)(=O)NCc1nn[nH]n1. The highest BCUT2D eigenvalue weighted by molar-refractivity contribution is 7.89. The lowest BCUT2D eigenvalue weighted by Crippen LogP contribution is -2.24. The van der Waals surface area contributed by atoms with Crippen LogP contribution in [0.15, 0.2) is 23.1 Å². The van der Waals surface area contributed by atoms with Gasteiger partial charge in [-0.25, -0.2) is 17.9 Å². The molecule has 0 aliphatic rings. The van der Waals surface area contributed by atoms with Crippen molar-refractivity contribution in [1.82, 2.24) is 25.3 Å². The number of hydrogen-bond donors (Lipinski definition) is 3. The third-order valence-corrected chi connectivity index (χ3v) is 3.93. The molecule has 1 heterocycles. The zero-order valence-corrected chi connectivity index (χ0v) is 11.6. The number of hydrogen-bond acceptors (Lipinski definition) is 7. The summed E-state index contributed by atoms with van der Waals surface area (Å²) < 4.78 is 31.6. The van der Waals surface area contributed by atoms with Crippen LogP contribution < -0.4 is 9.46 Å². The Morgan fingerprint density at radius 3 is 2.81 bits per heavy atom. The molecule has 0 radical (unpaired) electrons. The molecule has 112 valence electrons. The van der Waals surface area contributed by atoms with Gasteiger partial charge in [-0.15, -0.1) is 10.2 Å². The second-order valence-electron chi connectivity index (χ2n) is 3.82. The first-order valence-corrected chi connectivity index (χ1v) is 7.05. The fraction of sp³-hybridized carbons (Fsp3) is 0.200. The molecule has 10 nitrogen and oxygen atoms in total. The number of carbonyl (C=O) groups is 1. The molecule has 0 saturated heterocycles. The van der Waals surface area contributed by atoms with Gasteiger partial charge in [0, 0.05) is 0 Å². The molecule has 0 fully saturated rings. The monoisotopic (exact) mass is 313 g/mol. The summed E-state index contributed by atoms with van der Waals surface area (Å²) in [6.45, 7) is -0.195. The van der Waals surface area contributed by atoms with Gasteiger partial charge < -0.3 is 9.84 Å². The predicted molar refractivity (Wildman–Crippen MR) is 68.2 cm³/mol. The highest BCUT2D eigenvalue weighted by atomic mass is 32.2. The fourth-order valence-electron chi connectivity index (χ4n) is 1.51. The average molecular weight is 313 g/mol. The number of carboxylic acid groups (broad SMARTS) is 1. The van der Waals surface area contributed by atoms with Crippen molar-refractivity contribution in [3.63, 3.8) is 0 Å². The lowest BCUT2D eigenvalue weighted by atomic mass is 10.2. The summed E-state index contributed by atoms with van der Waals surface area (Å²) in [5.41, 5.74) is -0.171. The zero-order chi connectivity index (χ0) is 15.5. The molecule has 1 aromatic carbocycles. The van der Waals surface area contributed by atoms with E-state index < -0.39 is 16.0 Å². The number of tetrazole rings is 1. The fourth-order valence-corrected chi connectivity index (χ4v) is 2.69. The number of nitrogens with zero attached hydrogens (tertiary/aromatic N) is 3.